The molecule has 0 amide bonds. The molecular formula is C77H116O6. The van der Waals surface area contributed by atoms with Gasteiger partial charge in [-0.1, -0.05) is 266 Å². The predicted molar refractivity (Wildman–Crippen MR) is 361 cm³/mol. The van der Waals surface area contributed by atoms with Crippen molar-refractivity contribution < 1.29 is 28.6 Å². The van der Waals surface area contributed by atoms with Crippen LogP contribution in [0, 0.1) is 0 Å². The fourth-order valence-electron chi connectivity index (χ4n) is 8.01. The van der Waals surface area contributed by atoms with Gasteiger partial charge in [-0.2, -0.15) is 0 Å². The summed E-state index contributed by atoms with van der Waals surface area (Å²) in [6, 6.07) is 0. The summed E-state index contributed by atoms with van der Waals surface area (Å²) in [7, 11) is 0. The molecule has 0 N–H and O–H groups in total. The zero-order chi connectivity index (χ0) is 59.9. The zero-order valence-electron chi connectivity index (χ0n) is 52.6. The smallest absolute Gasteiger partial charge is 0.306 e. The van der Waals surface area contributed by atoms with Crippen LogP contribution in [0.15, 0.2) is 207 Å². The summed E-state index contributed by atoms with van der Waals surface area (Å²) in [5, 5.41) is 0. The first kappa shape index (κ1) is 77.0. The average molecular weight is 1140 g/mol. The number of hydrogen-bond donors (Lipinski definition) is 0. The Labute approximate surface area is 509 Å². The highest BCUT2D eigenvalue weighted by Crippen LogP contribution is 2.13. The van der Waals surface area contributed by atoms with Gasteiger partial charge >= 0.3 is 17.9 Å². The van der Waals surface area contributed by atoms with Crippen molar-refractivity contribution in [1.29, 1.82) is 0 Å². The molecule has 0 aromatic rings. The van der Waals surface area contributed by atoms with Crippen molar-refractivity contribution in [2.75, 3.05) is 13.2 Å². The van der Waals surface area contributed by atoms with Crippen LogP contribution in [-0.4, -0.2) is 37.2 Å². The van der Waals surface area contributed by atoms with Gasteiger partial charge in [-0.25, -0.2) is 0 Å². The summed E-state index contributed by atoms with van der Waals surface area (Å²) < 4.78 is 16.9. The normalized spacial score (nSPS) is 13.5. The van der Waals surface area contributed by atoms with E-state index in [-0.39, 0.29) is 44.0 Å². The number of hydrogen-bond acceptors (Lipinski definition) is 6. The minimum absolute atomic E-state index is 0.130. The first-order chi connectivity index (χ1) is 41.0. The second-order valence-corrected chi connectivity index (χ2v) is 20.5. The van der Waals surface area contributed by atoms with Crippen LogP contribution < -0.4 is 0 Å². The fraction of sp³-hybridized carbons (Fsp3) is 0.519. The molecular weight excluding hydrogens is 1020 g/mol. The summed E-state index contributed by atoms with van der Waals surface area (Å²) in [5.74, 6) is -1.04. The standard InChI is InChI=1S/C77H116O6/c1-4-7-10-13-16-19-22-25-28-31-34-36-38-40-43-46-49-52-55-58-61-64-67-70-76(79)82-73-74(72-81-75(78)69-66-63-60-57-54-51-48-45-42-33-30-27-24-21-18-15-12-9-6-3)83-77(80)71-68-65-62-59-56-53-50-47-44-41-39-37-35-32-29-26-23-20-17-14-11-8-5-2/h7-12,16-21,25-30,34-37,40-45,49,51-52,54,58,61,74H,4-6,13-15,22-24,31-33,38-39,46-48,50,53,55-57,59-60,62-73H2,1-3H3/b10-7-,11-8-,12-9-,19-16-,20-17-,21-18-,28-25-,29-26-,30-27-,36-34-,37-35-,43-40-,44-41-,45-42-,52-49-,54-51-,61-58-. The van der Waals surface area contributed by atoms with Crippen molar-refractivity contribution in [3.8, 4) is 0 Å². The molecule has 0 aliphatic carbocycles. The van der Waals surface area contributed by atoms with E-state index in [4.69, 9.17) is 14.2 Å². The summed E-state index contributed by atoms with van der Waals surface area (Å²) in [6.45, 7) is 6.20. The number of rotatable bonds is 56. The number of unbranched alkanes of at least 4 members (excludes halogenated alkanes) is 11. The van der Waals surface area contributed by atoms with Gasteiger partial charge in [-0.05, 0) is 161 Å². The third-order valence-corrected chi connectivity index (χ3v) is 12.8. The van der Waals surface area contributed by atoms with Crippen LogP contribution in [0.5, 0.6) is 0 Å². The maximum absolute atomic E-state index is 12.9. The van der Waals surface area contributed by atoms with Crippen LogP contribution in [0.2, 0.25) is 0 Å². The molecule has 0 radical (unpaired) electrons. The molecule has 0 saturated carbocycles. The molecule has 0 aliphatic heterocycles. The lowest BCUT2D eigenvalue weighted by Crippen LogP contribution is -2.30. The van der Waals surface area contributed by atoms with Gasteiger partial charge in [0.2, 0.25) is 0 Å². The Morgan fingerprint density at radius 1 is 0.241 bits per heavy atom. The Kier molecular flexibility index (Phi) is 63.5. The molecule has 1 unspecified atom stereocenters. The molecule has 0 heterocycles. The topological polar surface area (TPSA) is 78.9 Å². The average Bonchev–Trinajstić information content (AvgIpc) is 3.49. The van der Waals surface area contributed by atoms with Crippen LogP contribution in [-0.2, 0) is 28.6 Å². The van der Waals surface area contributed by atoms with Crippen molar-refractivity contribution in [1.82, 2.24) is 0 Å². The van der Waals surface area contributed by atoms with E-state index in [1.54, 1.807) is 0 Å². The van der Waals surface area contributed by atoms with E-state index < -0.39 is 6.10 Å². The van der Waals surface area contributed by atoms with Gasteiger partial charge < -0.3 is 14.2 Å². The molecule has 0 rings (SSSR count). The third kappa shape index (κ3) is 66.7. The minimum Gasteiger partial charge on any atom is -0.462 e. The summed E-state index contributed by atoms with van der Waals surface area (Å²) in [6.07, 6.45) is 105. The molecule has 0 spiro atoms. The van der Waals surface area contributed by atoms with Crippen LogP contribution in [0.1, 0.15) is 239 Å². The monoisotopic (exact) mass is 1140 g/mol. The Morgan fingerprint density at radius 2 is 0.446 bits per heavy atom. The molecule has 460 valence electrons. The summed E-state index contributed by atoms with van der Waals surface area (Å²) >= 11 is 0. The first-order valence-corrected chi connectivity index (χ1v) is 32.6. The maximum atomic E-state index is 12.9. The number of esters is 3. The highest BCUT2D eigenvalue weighted by atomic mass is 16.6. The molecule has 0 aliphatic rings. The molecule has 0 aromatic carbocycles. The Balaban J connectivity index is 4.62. The quantitative estimate of drug-likeness (QED) is 0.0261. The lowest BCUT2D eigenvalue weighted by Gasteiger charge is -2.18. The van der Waals surface area contributed by atoms with E-state index in [2.05, 4.69) is 227 Å². The van der Waals surface area contributed by atoms with Crippen molar-refractivity contribution in [2.24, 2.45) is 0 Å². The number of carbonyl (C=O) groups excluding carboxylic acids is 3. The van der Waals surface area contributed by atoms with E-state index in [0.29, 0.717) is 12.8 Å². The minimum atomic E-state index is -0.838. The van der Waals surface area contributed by atoms with E-state index >= 15 is 0 Å². The van der Waals surface area contributed by atoms with Gasteiger partial charge in [-0.15, -0.1) is 0 Å². The summed E-state index contributed by atoms with van der Waals surface area (Å²) in [5.41, 5.74) is 0. The number of allylic oxidation sites excluding steroid dienone is 34. The lowest BCUT2D eigenvalue weighted by molar-refractivity contribution is -0.167. The molecule has 6 heteroatoms. The molecule has 1 atom stereocenters. The highest BCUT2D eigenvalue weighted by molar-refractivity contribution is 5.71. The molecule has 0 aromatic heterocycles. The second-order valence-electron chi connectivity index (χ2n) is 20.5. The molecule has 83 heavy (non-hydrogen) atoms. The predicted octanol–water partition coefficient (Wildman–Crippen LogP) is 22.8. The van der Waals surface area contributed by atoms with Crippen LogP contribution >= 0.6 is 0 Å². The lowest BCUT2D eigenvalue weighted by atomic mass is 10.1. The van der Waals surface area contributed by atoms with Crippen molar-refractivity contribution in [3.63, 3.8) is 0 Å². The molecule has 0 fully saturated rings. The van der Waals surface area contributed by atoms with Crippen molar-refractivity contribution in [2.45, 2.75) is 245 Å². The van der Waals surface area contributed by atoms with Gasteiger partial charge in [0.15, 0.2) is 6.10 Å². The van der Waals surface area contributed by atoms with E-state index in [0.717, 1.165) is 173 Å². The summed E-state index contributed by atoms with van der Waals surface area (Å²) in [4.78, 5) is 38.4. The van der Waals surface area contributed by atoms with Gasteiger partial charge in [0.1, 0.15) is 13.2 Å². The van der Waals surface area contributed by atoms with Crippen LogP contribution in [0.3, 0.4) is 0 Å². The van der Waals surface area contributed by atoms with E-state index in [1.165, 1.54) is 19.3 Å². The highest BCUT2D eigenvalue weighted by Gasteiger charge is 2.19. The van der Waals surface area contributed by atoms with E-state index in [9.17, 15) is 14.4 Å². The third-order valence-electron chi connectivity index (χ3n) is 12.8. The number of ether oxygens (including phenoxy) is 3. The largest absolute Gasteiger partial charge is 0.462 e. The zero-order valence-corrected chi connectivity index (χ0v) is 52.6. The molecule has 0 bridgehead atoms. The molecule has 6 nitrogen and oxygen atoms in total. The Bertz CT molecular complexity index is 2030. The Morgan fingerprint density at radius 3 is 0.735 bits per heavy atom. The van der Waals surface area contributed by atoms with Gasteiger partial charge in [0.25, 0.3) is 0 Å². The Hall–Kier alpha value is -6.01. The SMILES string of the molecule is CC/C=C\C/C=C\C/C=C\C/C=C\C/C=C\C/C=C\C/C=C\CCCC(=O)OCC(COC(=O)CCCCC/C=C\C/C=C\C/C=C\C/C=C\C/C=C\CC)OC(=O)CCCCCCCCC/C=C\C/C=C\C/C=C\C/C=C\C/C=C\CC. The molecule has 0 saturated heterocycles. The second kappa shape index (κ2) is 68.5. The maximum Gasteiger partial charge on any atom is 0.306 e. The van der Waals surface area contributed by atoms with Crippen molar-refractivity contribution in [3.05, 3.63) is 207 Å². The van der Waals surface area contributed by atoms with Crippen molar-refractivity contribution >= 4 is 17.9 Å². The number of carbonyl (C=O) groups is 3. The van der Waals surface area contributed by atoms with Crippen LogP contribution in [0.25, 0.3) is 0 Å². The van der Waals surface area contributed by atoms with Gasteiger partial charge in [0.05, 0.1) is 0 Å². The van der Waals surface area contributed by atoms with E-state index in [1.807, 2.05) is 0 Å². The van der Waals surface area contributed by atoms with Crippen LogP contribution in [0.4, 0.5) is 0 Å². The van der Waals surface area contributed by atoms with Gasteiger partial charge in [0, 0.05) is 19.3 Å². The van der Waals surface area contributed by atoms with Gasteiger partial charge in [-0.3, -0.25) is 14.4 Å². The fourth-order valence-corrected chi connectivity index (χ4v) is 8.01. The first-order valence-electron chi connectivity index (χ1n) is 32.6.